The Balaban J connectivity index is 2.32. The Hall–Kier alpha value is -1.09. The summed E-state index contributed by atoms with van der Waals surface area (Å²) in [6.45, 7) is 1.58. The van der Waals surface area contributed by atoms with Crippen LogP contribution in [0.1, 0.15) is 12.5 Å². The number of ether oxygens (including phenoxy) is 1. The average Bonchev–Trinajstić information content (AvgIpc) is 2.57. The van der Waals surface area contributed by atoms with Crippen LogP contribution >= 0.6 is 0 Å². The van der Waals surface area contributed by atoms with Crippen LogP contribution in [-0.2, 0) is 4.74 Å². The number of nitrogens with one attached hydrogen (secondary N) is 1. The molecule has 0 aromatic carbocycles. The van der Waals surface area contributed by atoms with Crippen molar-refractivity contribution >= 4 is 0 Å². The number of hydrogen-bond donors (Lipinski definition) is 1. The van der Waals surface area contributed by atoms with Crippen molar-refractivity contribution in [1.82, 2.24) is 4.57 Å². The molecule has 0 saturated carbocycles. The number of nitrogens with zero attached hydrogens (tertiary/aromatic N) is 1. The van der Waals surface area contributed by atoms with Crippen LogP contribution in [0, 0.1) is 5.41 Å². The van der Waals surface area contributed by atoms with Gasteiger partial charge in [-0.15, -0.1) is 0 Å². The van der Waals surface area contributed by atoms with E-state index in [1.807, 2.05) is 22.9 Å². The summed E-state index contributed by atoms with van der Waals surface area (Å²) in [6, 6.07) is 6.02. The van der Waals surface area contributed by atoms with Crippen molar-refractivity contribution in [3.63, 3.8) is 0 Å². The van der Waals surface area contributed by atoms with Crippen LogP contribution in [-0.4, -0.2) is 17.8 Å². The third kappa shape index (κ3) is 1.28. The average molecular weight is 164 g/mol. The first-order valence-electron chi connectivity index (χ1n) is 4.17. The van der Waals surface area contributed by atoms with Crippen LogP contribution in [0.2, 0.25) is 0 Å². The Kier molecular flexibility index (Phi) is 1.96. The molecule has 1 atom stereocenters. The first-order chi connectivity index (χ1) is 5.88. The topological polar surface area (TPSA) is 38.0 Å². The number of rotatable bonds is 1. The molecule has 1 fully saturated rings. The summed E-state index contributed by atoms with van der Waals surface area (Å²) in [5.74, 6) is 0. The van der Waals surface area contributed by atoms with E-state index >= 15 is 0 Å². The Bertz CT molecular complexity index is 312. The van der Waals surface area contributed by atoms with Crippen LogP contribution in [0.15, 0.2) is 24.4 Å². The second kappa shape index (κ2) is 3.11. The highest BCUT2D eigenvalue weighted by Crippen LogP contribution is 2.15. The van der Waals surface area contributed by atoms with Gasteiger partial charge in [0.05, 0.1) is 12.6 Å². The zero-order chi connectivity index (χ0) is 8.39. The lowest BCUT2D eigenvalue weighted by Crippen LogP contribution is -2.23. The predicted molar refractivity (Wildman–Crippen MR) is 44.8 cm³/mol. The molecule has 2 heterocycles. The van der Waals surface area contributed by atoms with E-state index in [2.05, 4.69) is 0 Å². The van der Waals surface area contributed by atoms with E-state index in [1.54, 1.807) is 6.07 Å². The molecule has 1 N–H and O–H groups in total. The summed E-state index contributed by atoms with van der Waals surface area (Å²) in [4.78, 5) is 0. The molecule has 0 bridgehead atoms. The Morgan fingerprint density at radius 1 is 1.50 bits per heavy atom. The molecule has 0 amide bonds. The van der Waals surface area contributed by atoms with Crippen molar-refractivity contribution in [2.75, 3.05) is 13.2 Å². The van der Waals surface area contributed by atoms with E-state index < -0.39 is 0 Å². The maximum absolute atomic E-state index is 7.64. The van der Waals surface area contributed by atoms with Crippen molar-refractivity contribution in [1.29, 1.82) is 5.41 Å². The quantitative estimate of drug-likeness (QED) is 0.658. The summed E-state index contributed by atoms with van der Waals surface area (Å²) < 4.78 is 7.23. The van der Waals surface area contributed by atoms with Crippen LogP contribution in [0.25, 0.3) is 0 Å². The largest absolute Gasteiger partial charge is 0.379 e. The summed E-state index contributed by atoms with van der Waals surface area (Å²) in [6.07, 6.45) is 2.97. The van der Waals surface area contributed by atoms with Gasteiger partial charge < -0.3 is 9.30 Å². The van der Waals surface area contributed by atoms with Crippen molar-refractivity contribution < 1.29 is 4.74 Å². The van der Waals surface area contributed by atoms with Gasteiger partial charge in [0.15, 0.2) is 0 Å². The van der Waals surface area contributed by atoms with E-state index in [-0.39, 0.29) is 0 Å². The molecule has 0 aliphatic carbocycles. The van der Waals surface area contributed by atoms with Crippen LogP contribution < -0.4 is 5.49 Å². The molecule has 0 radical (unpaired) electrons. The number of hydrogen-bond acceptors (Lipinski definition) is 2. The third-order valence-corrected chi connectivity index (χ3v) is 2.19. The molecule has 1 aromatic heterocycles. The van der Waals surface area contributed by atoms with E-state index in [0.29, 0.717) is 11.5 Å². The molecule has 12 heavy (non-hydrogen) atoms. The van der Waals surface area contributed by atoms with Crippen LogP contribution in [0.3, 0.4) is 0 Å². The molecule has 1 aliphatic heterocycles. The van der Waals surface area contributed by atoms with Gasteiger partial charge in [0.1, 0.15) is 5.49 Å². The Labute approximate surface area is 71.1 Å². The van der Waals surface area contributed by atoms with Gasteiger partial charge >= 0.3 is 0 Å². The molecule has 1 aliphatic rings. The highest BCUT2D eigenvalue weighted by atomic mass is 16.5. The molecular formula is C9H12N2O. The zero-order valence-corrected chi connectivity index (χ0v) is 6.86. The molecule has 3 nitrogen and oxygen atoms in total. The second-order valence-electron chi connectivity index (χ2n) is 3.01. The normalized spacial score (nSPS) is 22.8. The summed E-state index contributed by atoms with van der Waals surface area (Å²) in [7, 11) is 0. The molecule has 1 unspecified atom stereocenters. The van der Waals surface area contributed by atoms with E-state index in [9.17, 15) is 0 Å². The minimum Gasteiger partial charge on any atom is -0.379 e. The molecule has 2 rings (SSSR count). The molecule has 0 spiro atoms. The van der Waals surface area contributed by atoms with E-state index in [4.69, 9.17) is 10.1 Å². The van der Waals surface area contributed by atoms with Gasteiger partial charge in [-0.2, -0.15) is 0 Å². The van der Waals surface area contributed by atoms with E-state index in [0.717, 1.165) is 19.6 Å². The first kappa shape index (κ1) is 7.55. The van der Waals surface area contributed by atoms with Gasteiger partial charge in [0, 0.05) is 12.8 Å². The maximum atomic E-state index is 7.64. The number of pyridine rings is 1. The Morgan fingerprint density at radius 2 is 2.42 bits per heavy atom. The number of aromatic nitrogens is 1. The fraction of sp³-hybridized carbons (Fsp3) is 0.444. The Morgan fingerprint density at radius 3 is 3.08 bits per heavy atom. The maximum Gasteiger partial charge on any atom is 0.124 e. The van der Waals surface area contributed by atoms with Crippen LogP contribution in [0.5, 0.6) is 0 Å². The van der Waals surface area contributed by atoms with Gasteiger partial charge in [-0.1, -0.05) is 6.07 Å². The highest BCUT2D eigenvalue weighted by molar-refractivity contribution is 4.94. The minimum absolute atomic E-state index is 0.374. The van der Waals surface area contributed by atoms with Gasteiger partial charge in [0.2, 0.25) is 0 Å². The first-order valence-corrected chi connectivity index (χ1v) is 4.17. The van der Waals surface area contributed by atoms with E-state index in [1.165, 1.54) is 0 Å². The lowest BCUT2D eigenvalue weighted by Gasteiger charge is -2.11. The standard InChI is InChI=1S/C9H12N2O/c10-9-3-1-2-5-11(9)8-4-6-12-7-8/h1-3,5,8,10H,4,6-7H2. The van der Waals surface area contributed by atoms with Gasteiger partial charge in [0.25, 0.3) is 0 Å². The fourth-order valence-corrected chi connectivity index (χ4v) is 1.52. The SMILES string of the molecule is N=c1ccccn1C1CCOC1. The van der Waals surface area contributed by atoms with Crippen LogP contribution in [0.4, 0.5) is 0 Å². The predicted octanol–water partition coefficient (Wildman–Crippen LogP) is 0.929. The molecule has 3 heteroatoms. The third-order valence-electron chi connectivity index (χ3n) is 2.19. The highest BCUT2D eigenvalue weighted by Gasteiger charge is 2.16. The molecule has 1 aromatic rings. The monoisotopic (exact) mass is 164 g/mol. The summed E-state index contributed by atoms with van der Waals surface area (Å²) in [5, 5.41) is 7.64. The van der Waals surface area contributed by atoms with Gasteiger partial charge in [-0.3, -0.25) is 5.41 Å². The molecular weight excluding hydrogens is 152 g/mol. The smallest absolute Gasteiger partial charge is 0.124 e. The molecule has 1 saturated heterocycles. The lowest BCUT2D eigenvalue weighted by molar-refractivity contribution is 0.186. The van der Waals surface area contributed by atoms with Gasteiger partial charge in [-0.25, -0.2) is 0 Å². The second-order valence-corrected chi connectivity index (χ2v) is 3.01. The van der Waals surface area contributed by atoms with Crippen molar-refractivity contribution in [3.05, 3.63) is 29.9 Å². The fourth-order valence-electron chi connectivity index (χ4n) is 1.52. The lowest BCUT2D eigenvalue weighted by atomic mass is 10.2. The summed E-state index contributed by atoms with van der Waals surface area (Å²) in [5.41, 5.74) is 0.563. The minimum atomic E-state index is 0.374. The zero-order valence-electron chi connectivity index (χ0n) is 6.86. The van der Waals surface area contributed by atoms with Crippen molar-refractivity contribution in [2.24, 2.45) is 0 Å². The summed E-state index contributed by atoms with van der Waals surface area (Å²) >= 11 is 0. The van der Waals surface area contributed by atoms with Crippen molar-refractivity contribution in [3.8, 4) is 0 Å². The van der Waals surface area contributed by atoms with Crippen molar-refractivity contribution in [2.45, 2.75) is 12.5 Å². The van der Waals surface area contributed by atoms with Gasteiger partial charge in [-0.05, 0) is 18.6 Å². The molecule has 64 valence electrons.